The number of anilines is 2. The van der Waals surface area contributed by atoms with E-state index in [-0.39, 0.29) is 11.9 Å². The number of rotatable bonds is 21. The van der Waals surface area contributed by atoms with Crippen LogP contribution in [0.1, 0.15) is 62.7 Å². The number of hydrogen-bond donors (Lipinski definition) is 2. The maximum absolute atomic E-state index is 13.0. The molecule has 3 atom stereocenters. The van der Waals surface area contributed by atoms with Gasteiger partial charge in [-0.3, -0.25) is 19.4 Å². The lowest BCUT2D eigenvalue weighted by atomic mass is 9.78. The van der Waals surface area contributed by atoms with E-state index < -0.39 is 24.2 Å². The standard InChI is InChI=1S/C24H31NO8.C24H29NO6/c1-6-7-10-33-18-11-15(8-9-17(18)29-2)22-24(28,14-26)23(27)25(22)16-12-19(30-3)21(32-5)20(13-16)31-4;1-7-8-11-31-19-12-16(9-10-18(19)27-3)22-15(2)24(26)25(22)17-13-20(28-4)23(30-6)21(14-17)29-5/h8-9,11-13,22,26,28H,6-7,10,14H2,1-5H3;9-10,12-14,22H,2,7-8,11H2,1,3-6H3/t22-,24-;22-/m01/s1. The zero-order chi connectivity index (χ0) is 46.7. The van der Waals surface area contributed by atoms with Gasteiger partial charge in [-0.05, 0) is 48.2 Å². The number of aliphatic hydroxyl groups excluding tert-OH is 1. The first kappa shape index (κ1) is 48.5. The predicted octanol–water partition coefficient (Wildman–Crippen LogP) is 7.26. The highest BCUT2D eigenvalue weighted by molar-refractivity contribution is 6.15. The summed E-state index contributed by atoms with van der Waals surface area (Å²) in [6.45, 7) is 8.52. The maximum Gasteiger partial charge on any atom is 0.264 e. The lowest BCUT2D eigenvalue weighted by Crippen LogP contribution is -2.70. The number of amides is 2. The molecule has 2 aliphatic rings. The first-order valence-corrected chi connectivity index (χ1v) is 20.8. The molecule has 0 aliphatic carbocycles. The summed E-state index contributed by atoms with van der Waals surface area (Å²) < 4.78 is 55.1. The van der Waals surface area contributed by atoms with Crippen molar-refractivity contribution in [2.75, 3.05) is 86.5 Å². The van der Waals surface area contributed by atoms with Crippen molar-refractivity contribution in [3.05, 3.63) is 83.9 Å². The molecule has 0 aromatic heterocycles. The Labute approximate surface area is 374 Å². The fourth-order valence-electron chi connectivity index (χ4n) is 7.55. The Morgan fingerprint density at radius 1 is 0.562 bits per heavy atom. The molecule has 4 aromatic carbocycles. The first-order valence-electron chi connectivity index (χ1n) is 20.8. The van der Waals surface area contributed by atoms with E-state index in [1.807, 2.05) is 18.2 Å². The molecular weight excluding hydrogens is 829 g/mol. The van der Waals surface area contributed by atoms with Crippen LogP contribution in [0.5, 0.6) is 57.5 Å². The molecule has 16 nitrogen and oxygen atoms in total. The number of carbonyl (C=O) groups is 2. The number of benzene rings is 4. The van der Waals surface area contributed by atoms with Gasteiger partial charge in [-0.25, -0.2) is 0 Å². The average Bonchev–Trinajstić information content (AvgIpc) is 3.33. The lowest BCUT2D eigenvalue weighted by molar-refractivity contribution is -0.160. The fourth-order valence-corrected chi connectivity index (χ4v) is 7.55. The second-order valence-electron chi connectivity index (χ2n) is 14.8. The summed E-state index contributed by atoms with van der Waals surface area (Å²) in [7, 11) is 12.2. The van der Waals surface area contributed by atoms with E-state index in [0.717, 1.165) is 31.2 Å². The van der Waals surface area contributed by atoms with Crippen molar-refractivity contribution in [1.82, 2.24) is 0 Å². The summed E-state index contributed by atoms with van der Waals surface area (Å²) in [5, 5.41) is 20.9. The molecule has 2 N–H and O–H groups in total. The molecule has 2 fully saturated rings. The fraction of sp³-hybridized carbons (Fsp3) is 0.417. The molecule has 0 spiro atoms. The van der Waals surface area contributed by atoms with Crippen molar-refractivity contribution in [2.24, 2.45) is 0 Å². The predicted molar refractivity (Wildman–Crippen MR) is 241 cm³/mol. The van der Waals surface area contributed by atoms with Crippen molar-refractivity contribution in [3.8, 4) is 57.5 Å². The molecule has 2 amide bonds. The maximum atomic E-state index is 13.0. The highest BCUT2D eigenvalue weighted by Gasteiger charge is 2.61. The minimum absolute atomic E-state index is 0.163. The van der Waals surface area contributed by atoms with Gasteiger partial charge in [0.15, 0.2) is 51.6 Å². The molecular formula is C48H60N2O14. The third-order valence-electron chi connectivity index (χ3n) is 11.0. The van der Waals surface area contributed by atoms with Gasteiger partial charge in [-0.2, -0.15) is 0 Å². The van der Waals surface area contributed by atoms with Gasteiger partial charge < -0.3 is 57.6 Å². The number of methoxy groups -OCH3 is 8. The highest BCUT2D eigenvalue weighted by Crippen LogP contribution is 2.52. The first-order chi connectivity index (χ1) is 30.9. The van der Waals surface area contributed by atoms with Crippen LogP contribution >= 0.6 is 0 Å². The van der Waals surface area contributed by atoms with Crippen molar-refractivity contribution in [1.29, 1.82) is 0 Å². The molecule has 2 saturated heterocycles. The van der Waals surface area contributed by atoms with Gasteiger partial charge in [0.2, 0.25) is 11.5 Å². The van der Waals surface area contributed by atoms with Gasteiger partial charge in [-0.15, -0.1) is 0 Å². The topological polar surface area (TPSA) is 173 Å². The third kappa shape index (κ3) is 9.38. The quantitative estimate of drug-likeness (QED) is 0.0486. The minimum atomic E-state index is -1.99. The van der Waals surface area contributed by atoms with E-state index in [1.54, 1.807) is 75.8 Å². The number of nitrogens with zero attached hydrogens (tertiary/aromatic N) is 2. The number of carbonyl (C=O) groups excluding carboxylic acids is 2. The van der Waals surface area contributed by atoms with Crippen LogP contribution in [-0.2, 0) is 9.59 Å². The molecule has 64 heavy (non-hydrogen) atoms. The zero-order valence-corrected chi connectivity index (χ0v) is 38.3. The molecule has 2 heterocycles. The Morgan fingerprint density at radius 3 is 1.36 bits per heavy atom. The zero-order valence-electron chi connectivity index (χ0n) is 38.3. The van der Waals surface area contributed by atoms with Crippen molar-refractivity contribution in [2.45, 2.75) is 57.2 Å². The van der Waals surface area contributed by atoms with E-state index >= 15 is 0 Å². The lowest BCUT2D eigenvalue weighted by Gasteiger charge is -2.52. The van der Waals surface area contributed by atoms with Gasteiger partial charge >= 0.3 is 0 Å². The Hall–Kier alpha value is -6.52. The Morgan fingerprint density at radius 2 is 0.969 bits per heavy atom. The number of ether oxygens (including phenoxy) is 10. The summed E-state index contributed by atoms with van der Waals surface area (Å²) in [6.07, 6.45) is 3.82. The summed E-state index contributed by atoms with van der Waals surface area (Å²) in [5.74, 6) is 4.01. The van der Waals surface area contributed by atoms with Crippen LogP contribution in [0.25, 0.3) is 0 Å². The molecule has 6 rings (SSSR count). The largest absolute Gasteiger partial charge is 0.493 e. The van der Waals surface area contributed by atoms with E-state index in [9.17, 15) is 19.8 Å². The summed E-state index contributed by atoms with van der Waals surface area (Å²) in [4.78, 5) is 28.8. The SMILES string of the molecule is C=C1C(=O)N(c2cc(OC)c(OC)c(OC)c2)[C@H]1c1ccc(OC)c(OCCCC)c1.CCCCOc1cc([C@@H]2N(c3cc(OC)c(OC)c(OC)c3)C(=O)[C@]2(O)CO)ccc1OC. The highest BCUT2D eigenvalue weighted by atomic mass is 16.5. The van der Waals surface area contributed by atoms with Crippen LogP contribution in [0.3, 0.4) is 0 Å². The van der Waals surface area contributed by atoms with Crippen molar-refractivity contribution >= 4 is 23.2 Å². The van der Waals surface area contributed by atoms with Crippen LogP contribution < -0.4 is 57.2 Å². The van der Waals surface area contributed by atoms with E-state index in [1.165, 1.54) is 33.3 Å². The molecule has 16 heteroatoms. The second kappa shape index (κ2) is 21.7. The van der Waals surface area contributed by atoms with Gasteiger partial charge in [0.25, 0.3) is 11.8 Å². The Kier molecular flexibility index (Phi) is 16.5. The number of aliphatic hydroxyl groups is 2. The van der Waals surface area contributed by atoms with Crippen LogP contribution in [-0.4, -0.2) is 104 Å². The van der Waals surface area contributed by atoms with E-state index in [0.29, 0.717) is 93.2 Å². The Bertz CT molecular complexity index is 2230. The average molecular weight is 889 g/mol. The van der Waals surface area contributed by atoms with Crippen LogP contribution in [0.2, 0.25) is 0 Å². The monoisotopic (exact) mass is 888 g/mol. The second-order valence-corrected chi connectivity index (χ2v) is 14.8. The molecule has 0 saturated carbocycles. The minimum Gasteiger partial charge on any atom is -0.493 e. The van der Waals surface area contributed by atoms with Gasteiger partial charge in [0.05, 0.1) is 94.1 Å². The van der Waals surface area contributed by atoms with Crippen LogP contribution in [0.15, 0.2) is 72.8 Å². The summed E-state index contributed by atoms with van der Waals surface area (Å²) in [5.41, 5.74) is 1.01. The van der Waals surface area contributed by atoms with Crippen LogP contribution in [0.4, 0.5) is 11.4 Å². The Balaban J connectivity index is 0.000000241. The summed E-state index contributed by atoms with van der Waals surface area (Å²) in [6, 6.07) is 16.3. The van der Waals surface area contributed by atoms with E-state index in [4.69, 9.17) is 47.4 Å². The van der Waals surface area contributed by atoms with Gasteiger partial charge in [0, 0.05) is 29.8 Å². The molecule has 4 aromatic rings. The van der Waals surface area contributed by atoms with Gasteiger partial charge in [0.1, 0.15) is 6.04 Å². The normalized spacial score (nSPS) is 17.6. The third-order valence-corrected chi connectivity index (χ3v) is 11.0. The molecule has 0 bridgehead atoms. The van der Waals surface area contributed by atoms with Gasteiger partial charge in [-0.1, -0.05) is 45.4 Å². The number of hydrogen-bond acceptors (Lipinski definition) is 14. The molecule has 0 radical (unpaired) electrons. The summed E-state index contributed by atoms with van der Waals surface area (Å²) >= 11 is 0. The molecule has 346 valence electrons. The smallest absolute Gasteiger partial charge is 0.264 e. The van der Waals surface area contributed by atoms with E-state index in [2.05, 4.69) is 20.4 Å². The van der Waals surface area contributed by atoms with Crippen molar-refractivity contribution < 1.29 is 67.2 Å². The van der Waals surface area contributed by atoms with Crippen molar-refractivity contribution in [3.63, 3.8) is 0 Å². The molecule has 0 unspecified atom stereocenters. The number of unbranched alkanes of at least 4 members (excludes halogenated alkanes) is 2. The molecule has 2 aliphatic heterocycles. The number of β-lactam (4-membered cyclic amide) rings is 2. The van der Waals surface area contributed by atoms with Crippen LogP contribution in [0, 0.1) is 0 Å².